The number of thioether (sulfide) groups is 1. The number of hydrogen-bond donors (Lipinski definition) is 1. The topological polar surface area (TPSA) is 71.2 Å². The summed E-state index contributed by atoms with van der Waals surface area (Å²) in [6.45, 7) is 3.55. The third kappa shape index (κ3) is 4.66. The van der Waals surface area contributed by atoms with Gasteiger partial charge in [-0.2, -0.15) is 11.8 Å². The number of nitrogens with two attached hydrogens (primary N) is 1. The second-order valence-corrected chi connectivity index (χ2v) is 6.43. The summed E-state index contributed by atoms with van der Waals surface area (Å²) in [5, 5.41) is 0. The number of guanidine groups is 1. The minimum Gasteiger partial charge on any atom is -0.447 e. The molecule has 1 aromatic carbocycles. The summed E-state index contributed by atoms with van der Waals surface area (Å²) in [5.41, 5.74) is 7.97. The van der Waals surface area contributed by atoms with E-state index in [4.69, 9.17) is 10.5 Å². The maximum atomic E-state index is 11.5. The van der Waals surface area contributed by atoms with Crippen molar-refractivity contribution in [2.24, 2.45) is 10.7 Å². The zero-order chi connectivity index (χ0) is 15.4. The fraction of sp³-hybridized carbons (Fsp3) is 0.467. The molecule has 2 N–H and O–H groups in total. The predicted molar refractivity (Wildman–Crippen MR) is 105 cm³/mol. The maximum Gasteiger partial charge on any atom is 0.414 e. The number of aliphatic imine (C=N–C) groups is 1. The van der Waals surface area contributed by atoms with E-state index in [0.717, 1.165) is 35.8 Å². The molecule has 3 rings (SSSR count). The van der Waals surface area contributed by atoms with Gasteiger partial charge >= 0.3 is 6.09 Å². The summed E-state index contributed by atoms with van der Waals surface area (Å²) in [6, 6.07) is 7.80. The van der Waals surface area contributed by atoms with Crippen LogP contribution in [0.4, 0.5) is 10.5 Å². The molecule has 2 heterocycles. The van der Waals surface area contributed by atoms with Gasteiger partial charge in [-0.1, -0.05) is 12.1 Å². The predicted octanol–water partition coefficient (Wildman–Crippen LogP) is 2.12. The Balaban J connectivity index is 0.00000192. The van der Waals surface area contributed by atoms with Gasteiger partial charge in [0.2, 0.25) is 0 Å². The first-order valence-corrected chi connectivity index (χ1v) is 8.55. The number of halogens is 1. The number of hydrogen-bond acceptors (Lipinski definition) is 4. The van der Waals surface area contributed by atoms with Gasteiger partial charge in [0.1, 0.15) is 6.61 Å². The Morgan fingerprint density at radius 3 is 2.52 bits per heavy atom. The summed E-state index contributed by atoms with van der Waals surface area (Å²) in [7, 11) is 0. The van der Waals surface area contributed by atoms with Gasteiger partial charge in [0.15, 0.2) is 5.96 Å². The second-order valence-electron chi connectivity index (χ2n) is 5.21. The lowest BCUT2D eigenvalue weighted by molar-refractivity contribution is 0.181. The molecule has 1 aromatic rings. The average Bonchev–Trinajstić information content (AvgIpc) is 3.00. The number of carbonyl (C=O) groups is 1. The Bertz CT molecular complexity index is 561. The molecule has 6 nitrogen and oxygen atoms in total. The lowest BCUT2D eigenvalue weighted by Crippen LogP contribution is -2.42. The molecule has 2 fully saturated rings. The van der Waals surface area contributed by atoms with Gasteiger partial charge in [0, 0.05) is 30.3 Å². The summed E-state index contributed by atoms with van der Waals surface area (Å²) >= 11 is 1.95. The van der Waals surface area contributed by atoms with E-state index in [1.807, 2.05) is 36.0 Å². The van der Waals surface area contributed by atoms with Crippen LogP contribution in [0.1, 0.15) is 5.56 Å². The van der Waals surface area contributed by atoms with Gasteiger partial charge in [0.05, 0.1) is 13.1 Å². The highest BCUT2D eigenvalue weighted by Crippen LogP contribution is 2.19. The van der Waals surface area contributed by atoms with Crippen molar-refractivity contribution in [3.8, 4) is 0 Å². The lowest BCUT2D eigenvalue weighted by atomic mass is 10.2. The molecule has 0 spiro atoms. The van der Waals surface area contributed by atoms with Crippen LogP contribution in [0.15, 0.2) is 29.3 Å². The van der Waals surface area contributed by atoms with Gasteiger partial charge in [-0.05, 0) is 17.7 Å². The van der Waals surface area contributed by atoms with Gasteiger partial charge < -0.3 is 15.4 Å². The van der Waals surface area contributed by atoms with Crippen LogP contribution >= 0.6 is 35.7 Å². The van der Waals surface area contributed by atoms with E-state index in [9.17, 15) is 4.79 Å². The number of amides is 1. The van der Waals surface area contributed by atoms with Crippen molar-refractivity contribution >= 4 is 53.5 Å². The van der Waals surface area contributed by atoms with E-state index in [0.29, 0.717) is 25.7 Å². The number of rotatable bonds is 3. The number of benzene rings is 1. The molecule has 0 bridgehead atoms. The van der Waals surface area contributed by atoms with E-state index in [1.165, 1.54) is 0 Å². The van der Waals surface area contributed by atoms with Crippen LogP contribution in [0.3, 0.4) is 0 Å². The molecule has 1 amide bonds. The highest BCUT2D eigenvalue weighted by molar-refractivity contribution is 14.0. The number of carbonyl (C=O) groups excluding carboxylic acids is 1. The smallest absolute Gasteiger partial charge is 0.414 e. The molecule has 0 unspecified atom stereocenters. The zero-order valence-electron chi connectivity index (χ0n) is 12.8. The molecule has 8 heteroatoms. The van der Waals surface area contributed by atoms with Crippen LogP contribution in [0, 0.1) is 0 Å². The van der Waals surface area contributed by atoms with Crippen LogP contribution in [0.5, 0.6) is 0 Å². The van der Waals surface area contributed by atoms with Crippen molar-refractivity contribution in [2.75, 3.05) is 42.6 Å². The van der Waals surface area contributed by atoms with Crippen molar-refractivity contribution in [2.45, 2.75) is 6.54 Å². The summed E-state index contributed by atoms with van der Waals surface area (Å²) in [4.78, 5) is 19.7. The van der Waals surface area contributed by atoms with Crippen molar-refractivity contribution in [3.05, 3.63) is 29.8 Å². The summed E-state index contributed by atoms with van der Waals surface area (Å²) in [6.07, 6.45) is -0.280. The van der Waals surface area contributed by atoms with Gasteiger partial charge in [0.25, 0.3) is 0 Å². The van der Waals surface area contributed by atoms with E-state index in [2.05, 4.69) is 9.89 Å². The normalized spacial score (nSPS) is 18.6. The summed E-state index contributed by atoms with van der Waals surface area (Å²) < 4.78 is 4.94. The van der Waals surface area contributed by atoms with Crippen molar-refractivity contribution < 1.29 is 9.53 Å². The molecule has 0 radical (unpaired) electrons. The lowest BCUT2D eigenvalue weighted by Gasteiger charge is -2.27. The Kier molecular flexibility index (Phi) is 6.82. The molecule has 23 heavy (non-hydrogen) atoms. The first-order chi connectivity index (χ1) is 10.7. The van der Waals surface area contributed by atoms with Crippen molar-refractivity contribution in [1.82, 2.24) is 4.90 Å². The number of anilines is 1. The van der Waals surface area contributed by atoms with Crippen LogP contribution in [-0.4, -0.2) is 54.7 Å². The molecule has 0 aromatic heterocycles. The third-order valence-electron chi connectivity index (χ3n) is 3.77. The molecule has 2 aliphatic heterocycles. The van der Waals surface area contributed by atoms with E-state index in [1.54, 1.807) is 4.90 Å². The monoisotopic (exact) mass is 448 g/mol. The molecule has 0 saturated carbocycles. The Labute approximate surface area is 157 Å². The van der Waals surface area contributed by atoms with E-state index in [-0.39, 0.29) is 30.1 Å². The number of nitrogens with zero attached hydrogens (tertiary/aromatic N) is 3. The maximum absolute atomic E-state index is 11.5. The molecule has 2 aliphatic rings. The molecule has 2 saturated heterocycles. The van der Waals surface area contributed by atoms with Crippen molar-refractivity contribution in [3.63, 3.8) is 0 Å². The highest BCUT2D eigenvalue weighted by atomic mass is 127. The summed E-state index contributed by atoms with van der Waals surface area (Å²) in [5.74, 6) is 2.83. The molecule has 126 valence electrons. The van der Waals surface area contributed by atoms with Crippen LogP contribution < -0.4 is 10.6 Å². The highest BCUT2D eigenvalue weighted by Gasteiger charge is 2.23. The van der Waals surface area contributed by atoms with E-state index >= 15 is 0 Å². The van der Waals surface area contributed by atoms with Gasteiger partial charge in [-0.25, -0.2) is 9.79 Å². The van der Waals surface area contributed by atoms with Crippen LogP contribution in [0.25, 0.3) is 0 Å². The minimum absolute atomic E-state index is 0. The Morgan fingerprint density at radius 1 is 1.22 bits per heavy atom. The van der Waals surface area contributed by atoms with Crippen LogP contribution in [0.2, 0.25) is 0 Å². The van der Waals surface area contributed by atoms with E-state index < -0.39 is 0 Å². The van der Waals surface area contributed by atoms with Crippen molar-refractivity contribution in [1.29, 1.82) is 0 Å². The quantitative estimate of drug-likeness (QED) is 0.436. The van der Waals surface area contributed by atoms with Gasteiger partial charge in [-0.15, -0.1) is 24.0 Å². The Hall–Kier alpha value is -1.16. The first kappa shape index (κ1) is 18.2. The molecule has 0 aliphatic carbocycles. The minimum atomic E-state index is -0.280. The van der Waals surface area contributed by atoms with Gasteiger partial charge in [-0.3, -0.25) is 4.90 Å². The zero-order valence-corrected chi connectivity index (χ0v) is 16.0. The second kappa shape index (κ2) is 8.62. The number of ether oxygens (including phenoxy) is 1. The fourth-order valence-electron chi connectivity index (χ4n) is 2.47. The molecular weight excluding hydrogens is 427 g/mol. The average molecular weight is 448 g/mol. The largest absolute Gasteiger partial charge is 0.447 e. The molecule has 0 atom stereocenters. The van der Waals surface area contributed by atoms with Crippen LogP contribution in [-0.2, 0) is 11.3 Å². The first-order valence-electron chi connectivity index (χ1n) is 7.40. The fourth-order valence-corrected chi connectivity index (χ4v) is 3.38. The standard InChI is InChI=1S/C15H20N4O2S.HI/c16-14(18-6-9-22-10-7-18)17-11-12-1-3-13(4-2-12)19-5-8-21-15(19)20;/h1-4H,5-11H2,(H2,16,17);1H. The number of cyclic esters (lactones) is 1. The Morgan fingerprint density at radius 2 is 1.91 bits per heavy atom. The molecular formula is C15H21IN4O2S. The SMILES string of the molecule is I.NC(=NCc1ccc(N2CCOC2=O)cc1)N1CCSCC1. The third-order valence-corrected chi connectivity index (χ3v) is 4.71.